The van der Waals surface area contributed by atoms with Gasteiger partial charge in [0.05, 0.1) is 12.0 Å². The predicted octanol–water partition coefficient (Wildman–Crippen LogP) is 5.93. The highest BCUT2D eigenvalue weighted by atomic mass is 16.5. The van der Waals surface area contributed by atoms with Crippen molar-refractivity contribution in [1.29, 1.82) is 0 Å². The normalized spacial score (nSPS) is 13.6. The van der Waals surface area contributed by atoms with Gasteiger partial charge in [-0.25, -0.2) is 4.79 Å². The number of aromatic nitrogens is 1. The molecule has 0 unspecified atom stereocenters. The van der Waals surface area contributed by atoms with Crippen LogP contribution in [0.2, 0.25) is 0 Å². The molecule has 8 heteroatoms. The lowest BCUT2D eigenvalue weighted by atomic mass is 9.93. The quantitative estimate of drug-likeness (QED) is 0.275. The number of phenols is 1. The van der Waals surface area contributed by atoms with Crippen molar-refractivity contribution in [2.75, 3.05) is 11.9 Å². The lowest BCUT2D eigenvalue weighted by Gasteiger charge is -2.11. The predicted molar refractivity (Wildman–Crippen MR) is 137 cm³/mol. The Balaban J connectivity index is 1.24. The molecule has 1 saturated carbocycles. The Morgan fingerprint density at radius 2 is 1.65 bits per heavy atom. The number of carboxylic acids is 1. The number of benzene rings is 3. The van der Waals surface area contributed by atoms with E-state index in [0.29, 0.717) is 36.4 Å². The Labute approximate surface area is 213 Å². The topological polar surface area (TPSA) is 122 Å². The van der Waals surface area contributed by atoms with E-state index in [4.69, 9.17) is 9.26 Å². The summed E-state index contributed by atoms with van der Waals surface area (Å²) >= 11 is 0. The summed E-state index contributed by atoms with van der Waals surface area (Å²) < 4.78 is 10.8. The maximum Gasteiger partial charge on any atom is 0.411 e. The zero-order valence-corrected chi connectivity index (χ0v) is 20.2. The summed E-state index contributed by atoms with van der Waals surface area (Å²) in [5.41, 5.74) is 4.60. The first kappa shape index (κ1) is 24.1. The zero-order valence-electron chi connectivity index (χ0n) is 20.2. The third-order valence-corrected chi connectivity index (χ3v) is 6.70. The van der Waals surface area contributed by atoms with Gasteiger partial charge in [0.2, 0.25) is 0 Å². The highest BCUT2D eigenvalue weighted by molar-refractivity contribution is 5.91. The van der Waals surface area contributed by atoms with E-state index in [9.17, 15) is 19.8 Å². The minimum absolute atomic E-state index is 0.149. The van der Waals surface area contributed by atoms with Crippen LogP contribution in [0.5, 0.6) is 5.75 Å². The second-order valence-electron chi connectivity index (χ2n) is 9.19. The van der Waals surface area contributed by atoms with Gasteiger partial charge in [0, 0.05) is 12.0 Å². The molecule has 3 aromatic carbocycles. The van der Waals surface area contributed by atoms with E-state index in [1.54, 1.807) is 25.1 Å². The number of aryl methyl sites for hydroxylation is 1. The van der Waals surface area contributed by atoms with Crippen molar-refractivity contribution in [3.63, 3.8) is 0 Å². The van der Waals surface area contributed by atoms with Crippen LogP contribution in [-0.2, 0) is 21.4 Å². The molecule has 1 aliphatic rings. The Bertz CT molecular complexity index is 1440. The Morgan fingerprint density at radius 1 is 1.00 bits per heavy atom. The van der Waals surface area contributed by atoms with E-state index in [2.05, 4.69) is 10.5 Å². The van der Waals surface area contributed by atoms with Gasteiger partial charge in [-0.2, -0.15) is 0 Å². The monoisotopic (exact) mass is 498 g/mol. The van der Waals surface area contributed by atoms with E-state index >= 15 is 0 Å². The van der Waals surface area contributed by atoms with Crippen LogP contribution >= 0.6 is 0 Å². The Kier molecular flexibility index (Phi) is 6.40. The molecule has 0 aliphatic heterocycles. The number of carbonyl (C=O) groups excluding carboxylic acids is 1. The van der Waals surface area contributed by atoms with Crippen molar-refractivity contribution in [2.45, 2.75) is 31.6 Å². The first-order valence-corrected chi connectivity index (χ1v) is 12.0. The van der Waals surface area contributed by atoms with Gasteiger partial charge in [-0.05, 0) is 54.2 Å². The van der Waals surface area contributed by atoms with Crippen molar-refractivity contribution in [3.05, 3.63) is 89.6 Å². The molecule has 0 spiro atoms. The number of carbonyl (C=O) groups is 2. The van der Waals surface area contributed by atoms with Crippen LogP contribution in [-0.4, -0.2) is 34.0 Å². The number of rotatable bonds is 8. The van der Waals surface area contributed by atoms with Gasteiger partial charge in [-0.15, -0.1) is 0 Å². The molecule has 0 radical (unpaired) electrons. The molecule has 1 heterocycles. The highest BCUT2D eigenvalue weighted by Gasteiger charge is 2.51. The number of carboxylic acid groups (broad SMARTS) is 1. The van der Waals surface area contributed by atoms with Crippen molar-refractivity contribution < 1.29 is 29.1 Å². The highest BCUT2D eigenvalue weighted by Crippen LogP contribution is 2.48. The maximum absolute atomic E-state index is 12.4. The second-order valence-corrected chi connectivity index (χ2v) is 9.19. The van der Waals surface area contributed by atoms with Crippen molar-refractivity contribution in [2.24, 2.45) is 0 Å². The standard InChI is InChI=1S/C29H26N2O6/c1-18-25(30-28(35)36-16-13-19-3-2-4-24(32)17-19)26(37-31-18)22-7-5-20(6-8-22)21-9-11-23(12-10-21)29(14-15-29)27(33)34/h2-12,17,32H,13-16H2,1H3,(H,30,35)(H,33,34). The molecule has 3 N–H and O–H groups in total. The van der Waals surface area contributed by atoms with E-state index in [1.807, 2.05) is 54.6 Å². The lowest BCUT2D eigenvalue weighted by molar-refractivity contribution is -0.140. The molecule has 1 aromatic heterocycles. The summed E-state index contributed by atoms with van der Waals surface area (Å²) in [5, 5.41) is 25.8. The molecule has 1 amide bonds. The summed E-state index contributed by atoms with van der Waals surface area (Å²) in [6, 6.07) is 22.1. The Morgan fingerprint density at radius 3 is 2.27 bits per heavy atom. The molecular formula is C29H26N2O6. The van der Waals surface area contributed by atoms with Crippen molar-refractivity contribution >= 4 is 17.7 Å². The summed E-state index contributed by atoms with van der Waals surface area (Å²) in [4.78, 5) is 24.0. The largest absolute Gasteiger partial charge is 0.508 e. The number of nitrogens with zero attached hydrogens (tertiary/aromatic N) is 1. The molecule has 1 fully saturated rings. The summed E-state index contributed by atoms with van der Waals surface area (Å²) in [6.45, 7) is 1.88. The molecule has 4 aromatic rings. The number of hydrogen-bond donors (Lipinski definition) is 3. The van der Waals surface area contributed by atoms with E-state index < -0.39 is 17.5 Å². The molecule has 0 atom stereocenters. The molecule has 0 saturated heterocycles. The fraction of sp³-hybridized carbons (Fsp3) is 0.207. The van der Waals surface area contributed by atoms with Gasteiger partial charge in [0.25, 0.3) is 0 Å². The van der Waals surface area contributed by atoms with Gasteiger partial charge < -0.3 is 19.5 Å². The molecular weight excluding hydrogens is 472 g/mol. The van der Waals surface area contributed by atoms with E-state index in [-0.39, 0.29) is 12.4 Å². The first-order chi connectivity index (χ1) is 17.9. The average molecular weight is 499 g/mol. The van der Waals surface area contributed by atoms with Crippen LogP contribution in [0.3, 0.4) is 0 Å². The van der Waals surface area contributed by atoms with Gasteiger partial charge in [0.1, 0.15) is 17.1 Å². The average Bonchev–Trinajstić information content (AvgIpc) is 3.64. The minimum atomic E-state index is -0.767. The van der Waals surface area contributed by atoms with Crippen LogP contribution < -0.4 is 5.32 Å². The van der Waals surface area contributed by atoms with E-state index in [0.717, 1.165) is 27.8 Å². The first-order valence-electron chi connectivity index (χ1n) is 12.0. The molecule has 37 heavy (non-hydrogen) atoms. The fourth-order valence-corrected chi connectivity index (χ4v) is 4.37. The fourth-order valence-electron chi connectivity index (χ4n) is 4.37. The van der Waals surface area contributed by atoms with Crippen molar-refractivity contribution in [1.82, 2.24) is 5.16 Å². The van der Waals surface area contributed by atoms with Crippen LogP contribution in [0.25, 0.3) is 22.5 Å². The van der Waals surface area contributed by atoms with Crippen LogP contribution in [0.15, 0.2) is 77.3 Å². The van der Waals surface area contributed by atoms with Gasteiger partial charge >= 0.3 is 12.1 Å². The molecule has 0 bridgehead atoms. The van der Waals surface area contributed by atoms with Gasteiger partial charge in [0.15, 0.2) is 5.76 Å². The Hall–Kier alpha value is -4.59. The maximum atomic E-state index is 12.4. The molecule has 5 rings (SSSR count). The van der Waals surface area contributed by atoms with Crippen LogP contribution in [0, 0.1) is 6.92 Å². The zero-order chi connectivity index (χ0) is 26.0. The minimum Gasteiger partial charge on any atom is -0.508 e. The van der Waals surface area contributed by atoms with Crippen LogP contribution in [0.4, 0.5) is 10.5 Å². The van der Waals surface area contributed by atoms with E-state index in [1.165, 1.54) is 0 Å². The number of aliphatic carboxylic acids is 1. The van der Waals surface area contributed by atoms with Crippen LogP contribution in [0.1, 0.15) is 29.7 Å². The SMILES string of the molecule is Cc1noc(-c2ccc(-c3ccc(C4(C(=O)O)CC4)cc3)cc2)c1NC(=O)OCCc1cccc(O)c1. The van der Waals surface area contributed by atoms with Gasteiger partial charge in [-0.3, -0.25) is 10.1 Å². The summed E-state index contributed by atoms with van der Waals surface area (Å²) in [7, 11) is 0. The van der Waals surface area contributed by atoms with Crippen molar-refractivity contribution in [3.8, 4) is 28.2 Å². The number of ether oxygens (including phenoxy) is 1. The van der Waals surface area contributed by atoms with Gasteiger partial charge in [-0.1, -0.05) is 65.8 Å². The molecule has 8 nitrogen and oxygen atoms in total. The molecule has 1 aliphatic carbocycles. The number of phenolic OH excluding ortho intramolecular Hbond substituents is 1. The summed E-state index contributed by atoms with van der Waals surface area (Å²) in [6.07, 6.45) is 1.19. The third kappa shape index (κ3) is 5.04. The lowest BCUT2D eigenvalue weighted by Crippen LogP contribution is -2.19. The smallest absolute Gasteiger partial charge is 0.411 e. The number of aromatic hydroxyl groups is 1. The second kappa shape index (κ2) is 9.81. The molecule has 188 valence electrons. The number of hydrogen-bond acceptors (Lipinski definition) is 6. The number of amides is 1. The summed E-state index contributed by atoms with van der Waals surface area (Å²) in [5.74, 6) is -0.183. The number of anilines is 1. The number of nitrogens with one attached hydrogen (secondary N) is 1. The third-order valence-electron chi connectivity index (χ3n) is 6.70.